The van der Waals surface area contributed by atoms with Crippen LogP contribution in [0.1, 0.15) is 58.8 Å². The summed E-state index contributed by atoms with van der Waals surface area (Å²) in [6.07, 6.45) is 8.06. The summed E-state index contributed by atoms with van der Waals surface area (Å²) >= 11 is 0. The van der Waals surface area contributed by atoms with Gasteiger partial charge in [0.25, 0.3) is 0 Å². The van der Waals surface area contributed by atoms with Gasteiger partial charge in [-0.15, -0.1) is 11.8 Å². The predicted molar refractivity (Wildman–Crippen MR) is 64.4 cm³/mol. The Labute approximate surface area is 94.3 Å². The van der Waals surface area contributed by atoms with Gasteiger partial charge in [0.15, 0.2) is 0 Å². The maximum absolute atomic E-state index is 9.91. The summed E-state index contributed by atoms with van der Waals surface area (Å²) < 4.78 is 0. The van der Waals surface area contributed by atoms with Gasteiger partial charge in [-0.05, 0) is 44.4 Å². The van der Waals surface area contributed by atoms with Crippen molar-refractivity contribution in [1.29, 1.82) is 0 Å². The average molecular weight is 208 g/mol. The molecule has 86 valence electrons. The second-order valence-corrected chi connectivity index (χ2v) is 4.76. The van der Waals surface area contributed by atoms with Crippen LogP contribution >= 0.6 is 0 Å². The Hall–Kier alpha value is -0.480. The molecule has 1 heteroatoms. The molecule has 1 aliphatic carbocycles. The second-order valence-electron chi connectivity index (χ2n) is 4.76. The Morgan fingerprint density at radius 2 is 2.07 bits per heavy atom. The summed E-state index contributed by atoms with van der Waals surface area (Å²) in [5, 5.41) is 9.91. The highest BCUT2D eigenvalue weighted by atomic mass is 16.3. The van der Waals surface area contributed by atoms with E-state index in [4.69, 9.17) is 0 Å². The van der Waals surface area contributed by atoms with E-state index in [0.717, 1.165) is 25.2 Å². The van der Waals surface area contributed by atoms with Crippen LogP contribution in [-0.2, 0) is 0 Å². The SMILES string of the molecule is CC#CCCC1CC(CCC)CCC1O. The molecule has 1 aliphatic rings. The first-order valence-corrected chi connectivity index (χ1v) is 6.35. The Morgan fingerprint density at radius 3 is 2.73 bits per heavy atom. The van der Waals surface area contributed by atoms with E-state index >= 15 is 0 Å². The number of aliphatic hydroxyl groups is 1. The van der Waals surface area contributed by atoms with E-state index in [1.165, 1.54) is 25.7 Å². The first-order valence-electron chi connectivity index (χ1n) is 6.35. The minimum Gasteiger partial charge on any atom is -0.393 e. The molecule has 3 atom stereocenters. The van der Waals surface area contributed by atoms with E-state index in [0.29, 0.717) is 5.92 Å². The van der Waals surface area contributed by atoms with Gasteiger partial charge in [0.2, 0.25) is 0 Å². The lowest BCUT2D eigenvalue weighted by Gasteiger charge is -2.33. The Kier molecular flexibility index (Phi) is 5.79. The smallest absolute Gasteiger partial charge is 0.0568 e. The van der Waals surface area contributed by atoms with Crippen LogP contribution in [0.3, 0.4) is 0 Å². The molecule has 0 aromatic rings. The molecule has 0 aromatic heterocycles. The van der Waals surface area contributed by atoms with Crippen LogP contribution in [0.15, 0.2) is 0 Å². The highest BCUT2D eigenvalue weighted by molar-refractivity contribution is 4.95. The Morgan fingerprint density at radius 1 is 1.27 bits per heavy atom. The molecule has 0 spiro atoms. The van der Waals surface area contributed by atoms with Crippen molar-refractivity contribution >= 4 is 0 Å². The van der Waals surface area contributed by atoms with Gasteiger partial charge in [-0.1, -0.05) is 19.8 Å². The van der Waals surface area contributed by atoms with Crippen molar-refractivity contribution in [1.82, 2.24) is 0 Å². The molecule has 0 radical (unpaired) electrons. The standard InChI is InChI=1S/C14H24O/c1-3-5-6-8-13-11-12(7-4-2)9-10-14(13)15/h12-15H,4,6-11H2,1-2H3. The first-order chi connectivity index (χ1) is 7.27. The number of hydrogen-bond donors (Lipinski definition) is 1. The first kappa shape index (κ1) is 12.6. The van der Waals surface area contributed by atoms with Crippen molar-refractivity contribution < 1.29 is 5.11 Å². The average Bonchev–Trinajstić information content (AvgIpc) is 2.23. The minimum absolute atomic E-state index is 0.0586. The zero-order valence-corrected chi connectivity index (χ0v) is 10.1. The second kappa shape index (κ2) is 6.90. The van der Waals surface area contributed by atoms with Gasteiger partial charge in [0.1, 0.15) is 0 Å². The van der Waals surface area contributed by atoms with Gasteiger partial charge < -0.3 is 5.11 Å². The molecule has 3 unspecified atom stereocenters. The third-order valence-electron chi connectivity index (χ3n) is 3.56. The monoisotopic (exact) mass is 208 g/mol. The van der Waals surface area contributed by atoms with E-state index < -0.39 is 0 Å². The van der Waals surface area contributed by atoms with Crippen molar-refractivity contribution in [2.45, 2.75) is 64.9 Å². The van der Waals surface area contributed by atoms with Crippen LogP contribution in [0.25, 0.3) is 0 Å². The minimum atomic E-state index is -0.0586. The third kappa shape index (κ3) is 4.26. The lowest BCUT2D eigenvalue weighted by Crippen LogP contribution is -2.29. The highest BCUT2D eigenvalue weighted by Gasteiger charge is 2.27. The molecular weight excluding hydrogens is 184 g/mol. The topological polar surface area (TPSA) is 20.2 Å². The molecule has 0 saturated heterocycles. The molecule has 0 heterocycles. The van der Waals surface area contributed by atoms with Crippen molar-refractivity contribution in [2.75, 3.05) is 0 Å². The molecule has 0 aliphatic heterocycles. The normalized spacial score (nSPS) is 30.7. The molecule has 1 nitrogen and oxygen atoms in total. The number of aliphatic hydroxyl groups excluding tert-OH is 1. The van der Waals surface area contributed by atoms with Crippen molar-refractivity contribution in [3.8, 4) is 11.8 Å². The fourth-order valence-corrected chi connectivity index (χ4v) is 2.71. The van der Waals surface area contributed by atoms with Gasteiger partial charge in [-0.3, -0.25) is 0 Å². The zero-order valence-electron chi connectivity index (χ0n) is 10.1. The molecule has 0 aromatic carbocycles. The van der Waals surface area contributed by atoms with Gasteiger partial charge in [0, 0.05) is 6.42 Å². The fourth-order valence-electron chi connectivity index (χ4n) is 2.71. The quantitative estimate of drug-likeness (QED) is 0.702. The predicted octanol–water partition coefficient (Wildman–Crippen LogP) is 3.37. The zero-order chi connectivity index (χ0) is 11.1. The summed E-state index contributed by atoms with van der Waals surface area (Å²) in [7, 11) is 0. The largest absolute Gasteiger partial charge is 0.393 e. The van der Waals surface area contributed by atoms with Gasteiger partial charge in [-0.2, -0.15) is 0 Å². The van der Waals surface area contributed by atoms with Crippen LogP contribution in [0.4, 0.5) is 0 Å². The summed E-state index contributed by atoms with van der Waals surface area (Å²) in [6, 6.07) is 0. The van der Waals surface area contributed by atoms with E-state index in [2.05, 4.69) is 18.8 Å². The maximum Gasteiger partial charge on any atom is 0.0568 e. The van der Waals surface area contributed by atoms with Crippen molar-refractivity contribution in [2.24, 2.45) is 11.8 Å². The van der Waals surface area contributed by atoms with E-state index in [-0.39, 0.29) is 6.10 Å². The van der Waals surface area contributed by atoms with Crippen molar-refractivity contribution in [3.63, 3.8) is 0 Å². The van der Waals surface area contributed by atoms with E-state index in [9.17, 15) is 5.11 Å². The van der Waals surface area contributed by atoms with Crippen LogP contribution in [0.5, 0.6) is 0 Å². The van der Waals surface area contributed by atoms with E-state index in [1.54, 1.807) is 0 Å². The molecule has 1 fully saturated rings. The fraction of sp³-hybridized carbons (Fsp3) is 0.857. The van der Waals surface area contributed by atoms with E-state index in [1.807, 2.05) is 6.92 Å². The summed E-state index contributed by atoms with van der Waals surface area (Å²) in [4.78, 5) is 0. The van der Waals surface area contributed by atoms with Crippen LogP contribution in [0.2, 0.25) is 0 Å². The summed E-state index contributed by atoms with van der Waals surface area (Å²) in [6.45, 7) is 4.14. The van der Waals surface area contributed by atoms with Crippen LogP contribution in [-0.4, -0.2) is 11.2 Å². The van der Waals surface area contributed by atoms with Gasteiger partial charge >= 0.3 is 0 Å². The van der Waals surface area contributed by atoms with Gasteiger partial charge in [-0.25, -0.2) is 0 Å². The molecule has 0 amide bonds. The summed E-state index contributed by atoms with van der Waals surface area (Å²) in [5.41, 5.74) is 0. The lowest BCUT2D eigenvalue weighted by molar-refractivity contribution is 0.0426. The van der Waals surface area contributed by atoms with Crippen molar-refractivity contribution in [3.05, 3.63) is 0 Å². The molecule has 1 N–H and O–H groups in total. The highest BCUT2D eigenvalue weighted by Crippen LogP contribution is 2.34. The number of hydrogen-bond acceptors (Lipinski definition) is 1. The molecule has 15 heavy (non-hydrogen) atoms. The molecule has 1 rings (SSSR count). The summed E-state index contributed by atoms with van der Waals surface area (Å²) in [5.74, 6) is 7.40. The number of rotatable bonds is 4. The lowest BCUT2D eigenvalue weighted by atomic mass is 9.76. The van der Waals surface area contributed by atoms with Crippen LogP contribution in [0, 0.1) is 23.7 Å². The Balaban J connectivity index is 2.34. The Bertz CT molecular complexity index is 223. The maximum atomic E-state index is 9.91. The van der Waals surface area contributed by atoms with Gasteiger partial charge in [0.05, 0.1) is 6.10 Å². The third-order valence-corrected chi connectivity index (χ3v) is 3.56. The van der Waals surface area contributed by atoms with Crippen LogP contribution < -0.4 is 0 Å². The molecular formula is C14H24O. The molecule has 0 bridgehead atoms. The molecule has 1 saturated carbocycles.